The molecule has 0 aliphatic heterocycles. The van der Waals surface area contributed by atoms with Crippen molar-refractivity contribution in [1.29, 1.82) is 0 Å². The minimum absolute atomic E-state index is 0.278. The lowest BCUT2D eigenvalue weighted by molar-refractivity contribution is 0.436. The second-order valence-electron chi connectivity index (χ2n) is 21.5. The summed E-state index contributed by atoms with van der Waals surface area (Å²) in [5.41, 5.74) is 12.7. The zero-order chi connectivity index (χ0) is 48.0. The van der Waals surface area contributed by atoms with Crippen molar-refractivity contribution in [2.24, 2.45) is 0 Å². The van der Waals surface area contributed by atoms with Gasteiger partial charge in [0.05, 0.1) is 0 Å². The van der Waals surface area contributed by atoms with E-state index in [1.54, 1.807) is 0 Å². The van der Waals surface area contributed by atoms with Crippen LogP contribution in [0.3, 0.4) is 0 Å². The van der Waals surface area contributed by atoms with Crippen LogP contribution >= 0.6 is 0 Å². The van der Waals surface area contributed by atoms with Gasteiger partial charge in [0.1, 0.15) is 17.2 Å². The molecule has 0 spiro atoms. The summed E-state index contributed by atoms with van der Waals surface area (Å²) in [4.78, 5) is 0. The molecule has 0 aromatic heterocycles. The maximum atomic E-state index is 11.8. The van der Waals surface area contributed by atoms with Crippen molar-refractivity contribution >= 4 is 0 Å². The number of benzene rings is 4. The molecular weight excluding hydrogens is 769 g/mol. The van der Waals surface area contributed by atoms with E-state index in [1.807, 2.05) is 36.5 Å². The SMILES string of the molecule is C=CC(C)(C)c1cc(Cc2c(C)c(Cc3cc(C(C)(C)C=C)c(O)c(C(C)(C)C=C)c3)c(C)c(Cc3cc(C(C)(C)C=C)c(O)c(C(C)(C)C=C)c3)c2C)cc(C(C)(C)C=C)c1O. The largest absolute Gasteiger partial charge is 0.507 e. The van der Waals surface area contributed by atoms with Gasteiger partial charge in [0.2, 0.25) is 0 Å². The first-order chi connectivity index (χ1) is 28.9. The smallest absolute Gasteiger partial charge is 0.123 e. The first-order valence-corrected chi connectivity index (χ1v) is 22.4. The molecule has 0 saturated heterocycles. The van der Waals surface area contributed by atoms with Crippen molar-refractivity contribution in [1.82, 2.24) is 0 Å². The van der Waals surface area contributed by atoms with Gasteiger partial charge < -0.3 is 15.3 Å². The Hall–Kier alpha value is -5.28. The molecule has 3 nitrogen and oxygen atoms in total. The maximum absolute atomic E-state index is 11.8. The van der Waals surface area contributed by atoms with Crippen LogP contribution in [0, 0.1) is 20.8 Å². The maximum Gasteiger partial charge on any atom is 0.123 e. The number of rotatable bonds is 18. The summed E-state index contributed by atoms with van der Waals surface area (Å²) in [5.74, 6) is 0.833. The lowest BCUT2D eigenvalue weighted by atomic mass is 9.74. The van der Waals surface area contributed by atoms with E-state index in [2.05, 4.69) is 180 Å². The quantitative estimate of drug-likeness (QED) is 0.0874. The van der Waals surface area contributed by atoms with E-state index in [0.717, 1.165) is 50.1 Å². The third-order valence-corrected chi connectivity index (χ3v) is 14.6. The van der Waals surface area contributed by atoms with Crippen LogP contribution in [0.1, 0.15) is 167 Å². The molecule has 0 atom stereocenters. The summed E-state index contributed by atoms with van der Waals surface area (Å²) in [6.45, 7) is 56.7. The van der Waals surface area contributed by atoms with Gasteiger partial charge in [-0.3, -0.25) is 0 Å². The predicted molar refractivity (Wildman–Crippen MR) is 273 cm³/mol. The molecule has 0 bridgehead atoms. The van der Waals surface area contributed by atoms with Gasteiger partial charge in [0, 0.05) is 65.9 Å². The van der Waals surface area contributed by atoms with Gasteiger partial charge in [-0.05, 0) is 90.1 Å². The van der Waals surface area contributed by atoms with E-state index < -0.39 is 32.5 Å². The highest BCUT2D eigenvalue weighted by atomic mass is 16.3. The second kappa shape index (κ2) is 17.7. The Bertz CT molecular complexity index is 2070. The van der Waals surface area contributed by atoms with Gasteiger partial charge in [-0.2, -0.15) is 0 Å². The third-order valence-electron chi connectivity index (χ3n) is 14.6. The van der Waals surface area contributed by atoms with Gasteiger partial charge in [-0.15, -0.1) is 39.5 Å². The number of hydrogen-bond donors (Lipinski definition) is 3. The highest BCUT2D eigenvalue weighted by Crippen LogP contribution is 2.46. The number of phenols is 3. The van der Waals surface area contributed by atoms with Crippen LogP contribution < -0.4 is 0 Å². The molecule has 0 amide bonds. The average molecular weight is 847 g/mol. The number of aromatic hydroxyl groups is 3. The van der Waals surface area contributed by atoms with E-state index in [4.69, 9.17) is 0 Å². The summed E-state index contributed by atoms with van der Waals surface area (Å²) >= 11 is 0. The lowest BCUT2D eigenvalue weighted by Gasteiger charge is -2.31. The van der Waals surface area contributed by atoms with Gasteiger partial charge in [-0.25, -0.2) is 0 Å². The third kappa shape index (κ3) is 9.64. The molecule has 0 unspecified atom stereocenters. The molecule has 0 saturated carbocycles. The number of phenolic OH excluding ortho intramolecular Hbond substituents is 3. The van der Waals surface area contributed by atoms with E-state index in [-0.39, 0.29) is 17.2 Å². The Morgan fingerprint density at radius 2 is 0.476 bits per heavy atom. The first-order valence-electron chi connectivity index (χ1n) is 22.4. The second-order valence-corrected chi connectivity index (χ2v) is 21.5. The van der Waals surface area contributed by atoms with Gasteiger partial charge in [-0.1, -0.05) is 156 Å². The predicted octanol–water partition coefficient (Wildman–Crippen LogP) is 15.3. The zero-order valence-corrected chi connectivity index (χ0v) is 41.6. The Morgan fingerprint density at radius 3 is 0.603 bits per heavy atom. The van der Waals surface area contributed by atoms with E-state index >= 15 is 0 Å². The topological polar surface area (TPSA) is 60.7 Å². The Kier molecular flexibility index (Phi) is 14.2. The van der Waals surface area contributed by atoms with Crippen molar-refractivity contribution in [2.45, 2.75) is 156 Å². The molecular formula is C60H78O3. The van der Waals surface area contributed by atoms with Crippen molar-refractivity contribution in [3.05, 3.63) is 196 Å². The van der Waals surface area contributed by atoms with Crippen molar-refractivity contribution < 1.29 is 15.3 Å². The van der Waals surface area contributed by atoms with Crippen molar-refractivity contribution in [3.8, 4) is 17.2 Å². The highest BCUT2D eigenvalue weighted by Gasteiger charge is 2.33. The molecule has 63 heavy (non-hydrogen) atoms. The Morgan fingerprint density at radius 1 is 0.333 bits per heavy atom. The van der Waals surface area contributed by atoms with Crippen LogP contribution in [0.25, 0.3) is 0 Å². The summed E-state index contributed by atoms with van der Waals surface area (Å²) in [7, 11) is 0. The summed E-state index contributed by atoms with van der Waals surface area (Å²) in [6.07, 6.45) is 13.3. The minimum Gasteiger partial charge on any atom is -0.507 e. The van der Waals surface area contributed by atoms with Gasteiger partial charge in [0.25, 0.3) is 0 Å². The molecule has 3 heteroatoms. The average Bonchev–Trinajstić information content (AvgIpc) is 3.23. The minimum atomic E-state index is -0.487. The normalized spacial score (nSPS) is 12.8. The summed E-state index contributed by atoms with van der Waals surface area (Å²) in [6, 6.07) is 12.9. The molecule has 0 fully saturated rings. The Labute approximate surface area is 382 Å². The molecule has 4 aromatic carbocycles. The van der Waals surface area contributed by atoms with Crippen LogP contribution in [-0.4, -0.2) is 15.3 Å². The fourth-order valence-electron chi connectivity index (χ4n) is 8.79. The van der Waals surface area contributed by atoms with E-state index in [9.17, 15) is 15.3 Å². The molecule has 3 N–H and O–H groups in total. The van der Waals surface area contributed by atoms with Crippen LogP contribution in [0.15, 0.2) is 112 Å². The van der Waals surface area contributed by atoms with Crippen LogP contribution in [0.2, 0.25) is 0 Å². The summed E-state index contributed by atoms with van der Waals surface area (Å²) < 4.78 is 0. The fraction of sp³-hybridized carbons (Fsp3) is 0.400. The van der Waals surface area contributed by atoms with Crippen LogP contribution in [0.5, 0.6) is 17.2 Å². The zero-order valence-electron chi connectivity index (χ0n) is 41.6. The standard InChI is InChI=1S/C60H78O3/c1-22-55(10,11)46-31-40(32-47(52(46)61)56(12,13)23-2)28-43-37(7)44(29-41-33-48(57(14,15)24-3)53(62)49(34-41)58(16,17)25-4)39(9)45(38(43)8)30-42-35-50(59(18,19)26-5)54(63)51(36-42)60(20,21)27-6/h22-27,31-36,61-63H,1-6,28-30H2,7-21H3. The van der Waals surface area contributed by atoms with Gasteiger partial charge in [0.15, 0.2) is 0 Å². The molecule has 0 heterocycles. The number of allylic oxidation sites excluding steroid dienone is 6. The Balaban J connectivity index is 2.17. The van der Waals surface area contributed by atoms with Crippen molar-refractivity contribution in [3.63, 3.8) is 0 Å². The molecule has 336 valence electrons. The molecule has 4 rings (SSSR count). The monoisotopic (exact) mass is 847 g/mol. The number of hydrogen-bond acceptors (Lipinski definition) is 3. The van der Waals surface area contributed by atoms with Gasteiger partial charge >= 0.3 is 0 Å². The molecule has 4 aromatic rings. The van der Waals surface area contributed by atoms with E-state index in [1.165, 1.54) is 33.4 Å². The molecule has 0 aliphatic rings. The highest BCUT2D eigenvalue weighted by molar-refractivity contribution is 5.60. The first kappa shape index (κ1) is 50.4. The van der Waals surface area contributed by atoms with Crippen molar-refractivity contribution in [2.75, 3.05) is 0 Å². The lowest BCUT2D eigenvalue weighted by Crippen LogP contribution is -2.20. The molecule has 0 radical (unpaired) electrons. The van der Waals surface area contributed by atoms with E-state index in [0.29, 0.717) is 19.3 Å². The van der Waals surface area contributed by atoms with Crippen LogP contribution in [-0.2, 0) is 51.8 Å². The fourth-order valence-corrected chi connectivity index (χ4v) is 8.79. The van der Waals surface area contributed by atoms with Crippen LogP contribution in [0.4, 0.5) is 0 Å². The molecule has 0 aliphatic carbocycles. The summed E-state index contributed by atoms with van der Waals surface area (Å²) in [5, 5.41) is 35.5.